The standard InChI is InChI=1S/C17H20N4O4/c1-2-25-13-5-3-4-11(6-13)17(24)21-9-12(7-16(22)23)14(10-21)15-8-18-20-19-15/h3-6,8,12,14H,2,7,9-10H2,1H3,(H,22,23)(H,18,19,20)/t12-,14+/m1/s1. The smallest absolute Gasteiger partial charge is 0.303 e. The van der Waals surface area contributed by atoms with Crippen molar-refractivity contribution in [1.82, 2.24) is 20.3 Å². The lowest BCUT2D eigenvalue weighted by molar-refractivity contribution is -0.138. The number of carbonyl (C=O) groups is 2. The van der Waals surface area contributed by atoms with Gasteiger partial charge in [-0.15, -0.1) is 0 Å². The molecule has 1 aliphatic heterocycles. The van der Waals surface area contributed by atoms with E-state index < -0.39 is 5.97 Å². The molecular formula is C17H20N4O4. The molecule has 3 rings (SSSR count). The summed E-state index contributed by atoms with van der Waals surface area (Å²) in [4.78, 5) is 25.7. The van der Waals surface area contributed by atoms with Gasteiger partial charge in [-0.1, -0.05) is 6.07 Å². The fourth-order valence-corrected chi connectivity index (χ4v) is 3.26. The number of nitrogens with one attached hydrogen (secondary N) is 1. The molecule has 2 N–H and O–H groups in total. The van der Waals surface area contributed by atoms with Crippen LogP contribution in [-0.2, 0) is 4.79 Å². The average molecular weight is 344 g/mol. The minimum Gasteiger partial charge on any atom is -0.494 e. The molecule has 0 unspecified atom stereocenters. The van der Waals surface area contributed by atoms with E-state index in [2.05, 4.69) is 15.4 Å². The maximum Gasteiger partial charge on any atom is 0.303 e. The van der Waals surface area contributed by atoms with Crippen LogP contribution in [0.25, 0.3) is 0 Å². The number of hydrogen-bond acceptors (Lipinski definition) is 5. The number of amides is 1. The van der Waals surface area contributed by atoms with Gasteiger partial charge in [0.15, 0.2) is 0 Å². The van der Waals surface area contributed by atoms with E-state index in [1.54, 1.807) is 35.4 Å². The van der Waals surface area contributed by atoms with Gasteiger partial charge in [-0.3, -0.25) is 9.59 Å². The molecule has 0 aliphatic carbocycles. The average Bonchev–Trinajstić information content (AvgIpc) is 3.23. The maximum atomic E-state index is 12.8. The van der Waals surface area contributed by atoms with E-state index >= 15 is 0 Å². The zero-order valence-electron chi connectivity index (χ0n) is 13.9. The molecule has 1 aliphatic rings. The summed E-state index contributed by atoms with van der Waals surface area (Å²) in [5.41, 5.74) is 1.21. The normalized spacial score (nSPS) is 19.8. The number of carboxylic acid groups (broad SMARTS) is 1. The highest BCUT2D eigenvalue weighted by Crippen LogP contribution is 2.34. The van der Waals surface area contributed by atoms with Crippen LogP contribution in [0.5, 0.6) is 5.75 Å². The number of likely N-dealkylation sites (tertiary alicyclic amines) is 1. The first-order valence-corrected chi connectivity index (χ1v) is 8.18. The van der Waals surface area contributed by atoms with Crippen molar-refractivity contribution in [2.45, 2.75) is 19.3 Å². The number of aliphatic carboxylic acids is 1. The van der Waals surface area contributed by atoms with Crippen LogP contribution in [-0.4, -0.2) is 57.0 Å². The molecule has 1 amide bonds. The molecule has 1 aromatic carbocycles. The number of aromatic nitrogens is 3. The summed E-state index contributed by atoms with van der Waals surface area (Å²) in [6, 6.07) is 7.02. The lowest BCUT2D eigenvalue weighted by Crippen LogP contribution is -2.29. The van der Waals surface area contributed by atoms with E-state index in [9.17, 15) is 9.59 Å². The van der Waals surface area contributed by atoms with Crippen LogP contribution in [0.2, 0.25) is 0 Å². The fraction of sp³-hybridized carbons (Fsp3) is 0.412. The van der Waals surface area contributed by atoms with Crippen LogP contribution in [0.15, 0.2) is 30.5 Å². The largest absolute Gasteiger partial charge is 0.494 e. The monoisotopic (exact) mass is 344 g/mol. The number of hydrogen-bond donors (Lipinski definition) is 2. The summed E-state index contributed by atoms with van der Waals surface area (Å²) >= 11 is 0. The zero-order valence-corrected chi connectivity index (χ0v) is 13.9. The summed E-state index contributed by atoms with van der Waals surface area (Å²) < 4.78 is 5.44. The number of aromatic amines is 1. The van der Waals surface area contributed by atoms with Crippen molar-refractivity contribution in [3.05, 3.63) is 41.7 Å². The molecule has 0 spiro atoms. The van der Waals surface area contributed by atoms with Crippen molar-refractivity contribution in [2.75, 3.05) is 19.7 Å². The SMILES string of the molecule is CCOc1cccc(C(=O)N2C[C@@H](CC(=O)O)[C@@H](c3cn[nH]n3)C2)c1. The Bertz CT molecular complexity index is 747. The summed E-state index contributed by atoms with van der Waals surface area (Å²) in [7, 11) is 0. The van der Waals surface area contributed by atoms with Gasteiger partial charge >= 0.3 is 5.97 Å². The highest BCUT2D eigenvalue weighted by Gasteiger charge is 2.38. The molecule has 1 saturated heterocycles. The lowest BCUT2D eigenvalue weighted by atomic mass is 9.91. The third-order valence-corrected chi connectivity index (χ3v) is 4.37. The summed E-state index contributed by atoms with van der Waals surface area (Å²) in [5, 5.41) is 19.6. The minimum absolute atomic E-state index is 0.0136. The Morgan fingerprint density at radius 1 is 1.40 bits per heavy atom. The Labute approximate surface area is 144 Å². The molecule has 0 bridgehead atoms. The molecule has 0 radical (unpaired) electrons. The Morgan fingerprint density at radius 3 is 2.92 bits per heavy atom. The van der Waals surface area contributed by atoms with Crippen molar-refractivity contribution < 1.29 is 19.4 Å². The predicted molar refractivity (Wildman–Crippen MR) is 88.4 cm³/mol. The third kappa shape index (κ3) is 3.78. The second-order valence-electron chi connectivity index (χ2n) is 6.03. The lowest BCUT2D eigenvalue weighted by Gasteiger charge is -2.16. The van der Waals surface area contributed by atoms with Crippen LogP contribution >= 0.6 is 0 Å². The molecule has 2 aromatic rings. The first kappa shape index (κ1) is 16.9. The Morgan fingerprint density at radius 2 is 2.24 bits per heavy atom. The number of ether oxygens (including phenoxy) is 1. The van der Waals surface area contributed by atoms with Gasteiger partial charge in [0.1, 0.15) is 5.75 Å². The zero-order chi connectivity index (χ0) is 17.8. The van der Waals surface area contributed by atoms with Crippen LogP contribution in [0, 0.1) is 5.92 Å². The third-order valence-electron chi connectivity index (χ3n) is 4.37. The molecular weight excluding hydrogens is 324 g/mol. The highest BCUT2D eigenvalue weighted by atomic mass is 16.5. The topological polar surface area (TPSA) is 108 Å². The van der Waals surface area contributed by atoms with E-state index in [0.29, 0.717) is 36.7 Å². The minimum atomic E-state index is -0.883. The van der Waals surface area contributed by atoms with Gasteiger partial charge < -0.3 is 14.7 Å². The number of carbonyl (C=O) groups excluding carboxylic acids is 1. The molecule has 2 atom stereocenters. The molecule has 8 heteroatoms. The van der Waals surface area contributed by atoms with E-state index in [0.717, 1.165) is 0 Å². The van der Waals surface area contributed by atoms with Gasteiger partial charge in [0.2, 0.25) is 0 Å². The molecule has 1 aromatic heterocycles. The van der Waals surface area contributed by atoms with Gasteiger partial charge in [-0.2, -0.15) is 15.4 Å². The maximum absolute atomic E-state index is 12.8. The first-order valence-electron chi connectivity index (χ1n) is 8.18. The summed E-state index contributed by atoms with van der Waals surface area (Å²) in [5.74, 6) is -0.716. The number of nitrogens with zero attached hydrogens (tertiary/aromatic N) is 3. The van der Waals surface area contributed by atoms with Gasteiger partial charge in [0.25, 0.3) is 5.91 Å². The summed E-state index contributed by atoms with van der Waals surface area (Å²) in [6.07, 6.45) is 1.57. The van der Waals surface area contributed by atoms with E-state index in [1.165, 1.54) is 0 Å². The molecule has 25 heavy (non-hydrogen) atoms. The van der Waals surface area contributed by atoms with Crippen LogP contribution in [0.3, 0.4) is 0 Å². The van der Waals surface area contributed by atoms with E-state index in [4.69, 9.17) is 9.84 Å². The molecule has 132 valence electrons. The van der Waals surface area contributed by atoms with Crippen molar-refractivity contribution in [1.29, 1.82) is 0 Å². The predicted octanol–water partition coefficient (Wildman–Crippen LogP) is 1.53. The van der Waals surface area contributed by atoms with Gasteiger partial charge in [-0.25, -0.2) is 0 Å². The molecule has 8 nitrogen and oxygen atoms in total. The van der Waals surface area contributed by atoms with E-state index in [-0.39, 0.29) is 24.2 Å². The number of H-pyrrole nitrogens is 1. The van der Waals surface area contributed by atoms with Crippen molar-refractivity contribution in [3.8, 4) is 5.75 Å². The number of rotatable bonds is 6. The van der Waals surface area contributed by atoms with Gasteiger partial charge in [-0.05, 0) is 31.0 Å². The van der Waals surface area contributed by atoms with Crippen molar-refractivity contribution in [2.24, 2.45) is 5.92 Å². The number of carboxylic acids is 1. The molecule has 2 heterocycles. The van der Waals surface area contributed by atoms with Crippen LogP contribution < -0.4 is 4.74 Å². The summed E-state index contributed by atoms with van der Waals surface area (Å²) in [6.45, 7) is 3.20. The van der Waals surface area contributed by atoms with E-state index in [1.807, 2.05) is 6.92 Å². The fourth-order valence-electron chi connectivity index (χ4n) is 3.26. The van der Waals surface area contributed by atoms with Crippen LogP contribution in [0.1, 0.15) is 35.3 Å². The first-order chi connectivity index (χ1) is 12.1. The van der Waals surface area contributed by atoms with Gasteiger partial charge in [0, 0.05) is 24.6 Å². The molecule has 1 fully saturated rings. The second kappa shape index (κ2) is 7.33. The highest BCUT2D eigenvalue weighted by molar-refractivity contribution is 5.95. The Hall–Kier alpha value is -2.90. The number of benzene rings is 1. The Balaban J connectivity index is 1.79. The Kier molecular flexibility index (Phi) is 4.97. The second-order valence-corrected chi connectivity index (χ2v) is 6.03. The van der Waals surface area contributed by atoms with Crippen molar-refractivity contribution in [3.63, 3.8) is 0 Å². The quantitative estimate of drug-likeness (QED) is 0.823. The van der Waals surface area contributed by atoms with Crippen LogP contribution in [0.4, 0.5) is 0 Å². The molecule has 0 saturated carbocycles. The van der Waals surface area contributed by atoms with Gasteiger partial charge in [0.05, 0.1) is 24.9 Å². The van der Waals surface area contributed by atoms with Crippen molar-refractivity contribution >= 4 is 11.9 Å².